The summed E-state index contributed by atoms with van der Waals surface area (Å²) in [6.45, 7) is 3.20. The summed E-state index contributed by atoms with van der Waals surface area (Å²) in [5.41, 5.74) is -1.22. The van der Waals surface area contributed by atoms with Gasteiger partial charge in [-0.2, -0.15) is 0 Å². The second-order valence-corrected chi connectivity index (χ2v) is 5.62. The number of nitrogens with one attached hydrogen (secondary N) is 1. The molecule has 1 aliphatic rings. The van der Waals surface area contributed by atoms with Crippen molar-refractivity contribution in [2.24, 2.45) is 0 Å². The molecule has 0 fully saturated rings. The molecule has 1 aromatic carbocycles. The first-order valence-electron chi connectivity index (χ1n) is 5.34. The summed E-state index contributed by atoms with van der Waals surface area (Å²) in [4.78, 5) is 11.8. The summed E-state index contributed by atoms with van der Waals surface area (Å²) < 4.78 is 39.7. The van der Waals surface area contributed by atoms with Gasteiger partial charge < -0.3 is 5.32 Å². The highest BCUT2D eigenvalue weighted by Crippen LogP contribution is 2.39. The van der Waals surface area contributed by atoms with Crippen LogP contribution in [0.2, 0.25) is 0 Å². The normalized spacial score (nSPS) is 17.6. The topological polar surface area (TPSA) is 29.1 Å². The summed E-state index contributed by atoms with van der Waals surface area (Å²) in [6, 6.07) is 1.03. The largest absolute Gasteiger partial charge is 0.371 e. The number of Topliss-reactive ketones (excluding diaryl/α,β-unsaturated/α-hetero) is 1. The molecule has 1 aliphatic heterocycles. The van der Waals surface area contributed by atoms with Crippen molar-refractivity contribution in [3.63, 3.8) is 0 Å². The lowest BCUT2D eigenvalue weighted by Gasteiger charge is -2.33. The zero-order valence-corrected chi connectivity index (χ0v) is 11.4. The molecule has 1 N–H and O–H groups in total. The van der Waals surface area contributed by atoms with Gasteiger partial charge in [0.25, 0.3) is 6.43 Å². The van der Waals surface area contributed by atoms with Gasteiger partial charge in [0.2, 0.25) is 0 Å². The van der Waals surface area contributed by atoms with Crippen LogP contribution in [0, 0.1) is 5.82 Å². The van der Waals surface area contributed by atoms with Crippen LogP contribution >= 0.6 is 15.9 Å². The maximum atomic E-state index is 13.9. The van der Waals surface area contributed by atoms with E-state index in [-0.39, 0.29) is 33.5 Å². The first kappa shape index (κ1) is 13.4. The Morgan fingerprint density at radius 2 is 2.06 bits per heavy atom. The number of carbonyl (C=O) groups is 1. The Bertz CT molecular complexity index is 529. The van der Waals surface area contributed by atoms with E-state index in [0.717, 1.165) is 6.07 Å². The Morgan fingerprint density at radius 1 is 1.44 bits per heavy atom. The lowest BCUT2D eigenvalue weighted by Crippen LogP contribution is -2.45. The lowest BCUT2D eigenvalue weighted by molar-refractivity contribution is -0.122. The fourth-order valence-corrected chi connectivity index (χ4v) is 2.41. The van der Waals surface area contributed by atoms with Gasteiger partial charge in [0.1, 0.15) is 0 Å². The minimum atomic E-state index is -2.74. The maximum absolute atomic E-state index is 13.9. The van der Waals surface area contributed by atoms with E-state index in [2.05, 4.69) is 21.2 Å². The fourth-order valence-electron chi connectivity index (χ4n) is 1.96. The smallest absolute Gasteiger partial charge is 0.264 e. The molecule has 0 amide bonds. The Kier molecular flexibility index (Phi) is 3.17. The molecule has 0 saturated heterocycles. The van der Waals surface area contributed by atoms with Gasteiger partial charge in [-0.3, -0.25) is 4.79 Å². The van der Waals surface area contributed by atoms with Gasteiger partial charge in [0, 0.05) is 12.0 Å². The molecule has 98 valence electrons. The van der Waals surface area contributed by atoms with Crippen LogP contribution in [0.3, 0.4) is 0 Å². The standard InChI is InChI=1S/C12H11BrF3NO/c1-12(2)8(18)4-5-6(11(15)16)3-7(13)9(14)10(5)17-12/h3,11,17H,4H2,1-2H3. The molecule has 0 spiro atoms. The molecule has 0 radical (unpaired) electrons. The van der Waals surface area contributed by atoms with E-state index < -0.39 is 17.8 Å². The van der Waals surface area contributed by atoms with Crippen molar-refractivity contribution in [1.82, 2.24) is 0 Å². The molecule has 0 unspecified atom stereocenters. The monoisotopic (exact) mass is 321 g/mol. The van der Waals surface area contributed by atoms with Crippen LogP contribution in [0.5, 0.6) is 0 Å². The number of benzene rings is 1. The zero-order valence-electron chi connectivity index (χ0n) is 9.78. The molecule has 0 saturated carbocycles. The zero-order chi connectivity index (χ0) is 13.7. The highest BCUT2D eigenvalue weighted by atomic mass is 79.9. The minimum Gasteiger partial charge on any atom is -0.371 e. The maximum Gasteiger partial charge on any atom is 0.264 e. The predicted molar refractivity (Wildman–Crippen MR) is 65.5 cm³/mol. The van der Waals surface area contributed by atoms with Crippen LogP contribution in [-0.4, -0.2) is 11.3 Å². The van der Waals surface area contributed by atoms with Gasteiger partial charge >= 0.3 is 0 Å². The summed E-state index contributed by atoms with van der Waals surface area (Å²) >= 11 is 2.91. The third-order valence-electron chi connectivity index (χ3n) is 3.07. The number of rotatable bonds is 1. The second kappa shape index (κ2) is 4.26. The molecule has 1 heterocycles. The van der Waals surface area contributed by atoms with Crippen molar-refractivity contribution in [2.75, 3.05) is 5.32 Å². The molecule has 18 heavy (non-hydrogen) atoms. The molecule has 2 nitrogen and oxygen atoms in total. The molecule has 0 atom stereocenters. The molecule has 0 bridgehead atoms. The van der Waals surface area contributed by atoms with Gasteiger partial charge in [-0.15, -0.1) is 0 Å². The molecule has 1 aromatic rings. The van der Waals surface area contributed by atoms with Crippen molar-refractivity contribution in [3.8, 4) is 0 Å². The summed E-state index contributed by atoms with van der Waals surface area (Å²) in [5.74, 6) is -0.881. The number of hydrogen-bond donors (Lipinski definition) is 1. The minimum absolute atomic E-state index is 0.00993. The number of hydrogen-bond acceptors (Lipinski definition) is 2. The summed E-state index contributed by atoms with van der Waals surface area (Å²) in [6.07, 6.45) is -2.93. The average molecular weight is 322 g/mol. The highest BCUT2D eigenvalue weighted by Gasteiger charge is 2.37. The molecule has 0 aliphatic carbocycles. The molecular weight excluding hydrogens is 311 g/mol. The number of alkyl halides is 2. The van der Waals surface area contributed by atoms with Gasteiger partial charge in [-0.1, -0.05) is 0 Å². The van der Waals surface area contributed by atoms with Gasteiger partial charge in [0.15, 0.2) is 11.6 Å². The average Bonchev–Trinajstić information content (AvgIpc) is 2.26. The molecule has 6 heteroatoms. The molecule has 0 aromatic heterocycles. The first-order valence-corrected chi connectivity index (χ1v) is 6.13. The van der Waals surface area contributed by atoms with Crippen LogP contribution in [0.4, 0.5) is 18.9 Å². The predicted octanol–water partition coefficient (Wildman–Crippen LogP) is 3.84. The van der Waals surface area contributed by atoms with Crippen molar-refractivity contribution in [3.05, 3.63) is 27.5 Å². The van der Waals surface area contributed by atoms with Crippen LogP contribution in [0.1, 0.15) is 31.4 Å². The number of anilines is 1. The molecule has 2 rings (SSSR count). The third-order valence-corrected chi connectivity index (χ3v) is 3.65. The number of ketones is 1. The van der Waals surface area contributed by atoms with Crippen LogP contribution < -0.4 is 5.32 Å². The van der Waals surface area contributed by atoms with Crippen molar-refractivity contribution in [1.29, 1.82) is 0 Å². The fraction of sp³-hybridized carbons (Fsp3) is 0.417. The van der Waals surface area contributed by atoms with E-state index in [1.54, 1.807) is 13.8 Å². The van der Waals surface area contributed by atoms with E-state index in [0.29, 0.717) is 0 Å². The van der Waals surface area contributed by atoms with Gasteiger partial charge in [-0.05, 0) is 41.4 Å². The Morgan fingerprint density at radius 3 is 2.61 bits per heavy atom. The third kappa shape index (κ3) is 2.02. The number of halogens is 4. The molecular formula is C12H11BrF3NO. The van der Waals surface area contributed by atoms with Crippen molar-refractivity contribution in [2.45, 2.75) is 32.2 Å². The van der Waals surface area contributed by atoms with E-state index in [1.807, 2.05) is 0 Å². The van der Waals surface area contributed by atoms with Crippen LogP contribution in [0.15, 0.2) is 10.5 Å². The SMILES string of the molecule is CC1(C)Nc2c(F)c(Br)cc(C(F)F)c2CC1=O. The lowest BCUT2D eigenvalue weighted by atomic mass is 9.86. The second-order valence-electron chi connectivity index (χ2n) is 4.77. The first-order chi connectivity index (χ1) is 8.24. The summed E-state index contributed by atoms with van der Waals surface area (Å²) in [7, 11) is 0. The number of fused-ring (bicyclic) bond motifs is 1. The highest BCUT2D eigenvalue weighted by molar-refractivity contribution is 9.10. The van der Waals surface area contributed by atoms with E-state index in [1.165, 1.54) is 0 Å². The van der Waals surface area contributed by atoms with Gasteiger partial charge in [0.05, 0.1) is 15.7 Å². The van der Waals surface area contributed by atoms with Crippen molar-refractivity contribution >= 4 is 27.4 Å². The Hall–Kier alpha value is -1.04. The quantitative estimate of drug-likeness (QED) is 0.851. The van der Waals surface area contributed by atoms with Crippen molar-refractivity contribution < 1.29 is 18.0 Å². The van der Waals surface area contributed by atoms with E-state index >= 15 is 0 Å². The van der Waals surface area contributed by atoms with Gasteiger partial charge in [-0.25, -0.2) is 13.2 Å². The van der Waals surface area contributed by atoms with Crippen LogP contribution in [-0.2, 0) is 11.2 Å². The number of carbonyl (C=O) groups excluding carboxylic acids is 1. The van der Waals surface area contributed by atoms with Crippen LogP contribution in [0.25, 0.3) is 0 Å². The van der Waals surface area contributed by atoms with E-state index in [4.69, 9.17) is 0 Å². The summed E-state index contributed by atoms with van der Waals surface area (Å²) in [5, 5.41) is 2.70. The van der Waals surface area contributed by atoms with E-state index in [9.17, 15) is 18.0 Å². The Balaban J connectivity index is 2.67. The Labute approximate surface area is 111 Å².